The Hall–Kier alpha value is -3.26. The van der Waals surface area contributed by atoms with E-state index >= 15 is 0 Å². The number of rotatable bonds is 4. The van der Waals surface area contributed by atoms with E-state index in [4.69, 9.17) is 0 Å². The number of aryl methyl sites for hydroxylation is 2. The molecular formula is C33H38N2+2. The predicted octanol–water partition coefficient (Wildman–Crippen LogP) is 7.33. The maximum absolute atomic E-state index is 2.41. The van der Waals surface area contributed by atoms with Gasteiger partial charge in [-0.2, -0.15) is 9.13 Å². The summed E-state index contributed by atoms with van der Waals surface area (Å²) in [6.07, 6.45) is 7.46. The van der Waals surface area contributed by atoms with E-state index in [0.29, 0.717) is 11.3 Å². The first-order valence-corrected chi connectivity index (χ1v) is 13.0. The highest BCUT2D eigenvalue weighted by Crippen LogP contribution is 2.42. The van der Waals surface area contributed by atoms with Crippen molar-refractivity contribution in [3.63, 3.8) is 0 Å². The first-order valence-electron chi connectivity index (χ1n) is 13.0. The smallest absolute Gasteiger partial charge is 0.196 e. The van der Waals surface area contributed by atoms with Gasteiger partial charge in [0, 0.05) is 29.8 Å². The molecule has 178 valence electrons. The van der Waals surface area contributed by atoms with Crippen LogP contribution in [0.1, 0.15) is 56.6 Å². The summed E-state index contributed by atoms with van der Waals surface area (Å²) in [6.45, 7) is 7.01. The van der Waals surface area contributed by atoms with Crippen LogP contribution < -0.4 is 9.13 Å². The second-order valence-corrected chi connectivity index (χ2v) is 11.1. The molecule has 0 atom stereocenters. The molecule has 0 spiro atoms. The number of hydrogen-bond donors (Lipinski definition) is 0. The molecule has 1 aliphatic rings. The SMILES string of the molecule is Cc1ccccc1-c1cccc(-c2cc(-c3ccc(C4CCC(C)(C)CC4)cc3)cc[n+]2C)[n+]1C. The van der Waals surface area contributed by atoms with E-state index in [2.05, 4.69) is 129 Å². The molecule has 0 aliphatic heterocycles. The molecule has 0 unspecified atom stereocenters. The molecule has 2 heteroatoms. The molecule has 0 bridgehead atoms. The highest BCUT2D eigenvalue weighted by Gasteiger charge is 2.28. The van der Waals surface area contributed by atoms with Crippen LogP contribution in [0.5, 0.6) is 0 Å². The summed E-state index contributed by atoms with van der Waals surface area (Å²) in [7, 11) is 4.30. The summed E-state index contributed by atoms with van der Waals surface area (Å²) >= 11 is 0. The molecule has 1 fully saturated rings. The van der Waals surface area contributed by atoms with E-state index in [0.717, 1.165) is 0 Å². The second kappa shape index (κ2) is 9.41. The minimum absolute atomic E-state index is 0.513. The fraction of sp³-hybridized carbons (Fsp3) is 0.333. The zero-order valence-corrected chi connectivity index (χ0v) is 21.9. The van der Waals surface area contributed by atoms with Crippen LogP contribution in [-0.2, 0) is 14.1 Å². The average Bonchev–Trinajstić information content (AvgIpc) is 2.85. The topological polar surface area (TPSA) is 7.76 Å². The van der Waals surface area contributed by atoms with Crippen LogP contribution in [0.4, 0.5) is 0 Å². The van der Waals surface area contributed by atoms with Gasteiger partial charge >= 0.3 is 0 Å². The lowest BCUT2D eigenvalue weighted by Crippen LogP contribution is -2.40. The van der Waals surface area contributed by atoms with Gasteiger partial charge in [0.1, 0.15) is 14.1 Å². The molecule has 4 aromatic rings. The van der Waals surface area contributed by atoms with Gasteiger partial charge < -0.3 is 0 Å². The maximum Gasteiger partial charge on any atom is 0.277 e. The Kier molecular flexibility index (Phi) is 6.32. The van der Waals surface area contributed by atoms with Gasteiger partial charge in [0.05, 0.1) is 0 Å². The van der Waals surface area contributed by atoms with Crippen molar-refractivity contribution in [1.29, 1.82) is 0 Å². The van der Waals surface area contributed by atoms with Gasteiger partial charge in [-0.25, -0.2) is 0 Å². The fourth-order valence-electron chi connectivity index (χ4n) is 5.66. The summed E-state index contributed by atoms with van der Waals surface area (Å²) in [6, 6.07) is 29.1. The Morgan fingerprint density at radius 1 is 0.714 bits per heavy atom. The van der Waals surface area contributed by atoms with Gasteiger partial charge in [0.25, 0.3) is 11.4 Å². The first kappa shape index (κ1) is 23.5. The quantitative estimate of drug-likeness (QED) is 0.281. The monoisotopic (exact) mass is 462 g/mol. The van der Waals surface area contributed by atoms with E-state index in [1.54, 1.807) is 0 Å². The normalized spacial score (nSPS) is 15.8. The molecule has 1 aliphatic carbocycles. The van der Waals surface area contributed by atoms with Crippen LogP contribution in [0.15, 0.2) is 85.1 Å². The number of hydrogen-bond acceptors (Lipinski definition) is 0. The fourth-order valence-corrected chi connectivity index (χ4v) is 5.66. The Balaban J connectivity index is 1.46. The van der Waals surface area contributed by atoms with E-state index < -0.39 is 0 Å². The third kappa shape index (κ3) is 4.80. The molecule has 5 rings (SSSR count). The largest absolute Gasteiger partial charge is 0.277 e. The third-order valence-electron chi connectivity index (χ3n) is 8.12. The number of benzene rings is 2. The van der Waals surface area contributed by atoms with Gasteiger partial charge in [-0.1, -0.05) is 56.3 Å². The van der Waals surface area contributed by atoms with Crippen LogP contribution in [-0.4, -0.2) is 0 Å². The predicted molar refractivity (Wildman–Crippen MR) is 145 cm³/mol. The molecule has 0 amide bonds. The molecule has 2 aromatic carbocycles. The zero-order valence-electron chi connectivity index (χ0n) is 21.9. The number of nitrogens with zero attached hydrogens (tertiary/aromatic N) is 2. The molecule has 0 N–H and O–H groups in total. The second-order valence-electron chi connectivity index (χ2n) is 11.1. The van der Waals surface area contributed by atoms with E-state index in [9.17, 15) is 0 Å². The summed E-state index contributed by atoms with van der Waals surface area (Å²) in [5.74, 6) is 0.712. The van der Waals surface area contributed by atoms with E-state index in [-0.39, 0.29) is 0 Å². The van der Waals surface area contributed by atoms with Gasteiger partial charge in [-0.05, 0) is 78.3 Å². The van der Waals surface area contributed by atoms with Gasteiger partial charge in [-0.3, -0.25) is 0 Å². The molecule has 0 saturated heterocycles. The Morgan fingerprint density at radius 3 is 2.11 bits per heavy atom. The van der Waals surface area contributed by atoms with Crippen molar-refractivity contribution in [3.05, 3.63) is 96.2 Å². The summed E-state index contributed by atoms with van der Waals surface area (Å²) in [5.41, 5.74) is 10.8. The number of aromatic nitrogens is 2. The van der Waals surface area contributed by atoms with Crippen molar-refractivity contribution < 1.29 is 9.13 Å². The Bertz CT molecular complexity index is 1340. The Labute approximate surface area is 210 Å². The third-order valence-corrected chi connectivity index (χ3v) is 8.12. The lowest BCUT2D eigenvalue weighted by molar-refractivity contribution is -0.685. The minimum Gasteiger partial charge on any atom is -0.196 e. The molecule has 35 heavy (non-hydrogen) atoms. The van der Waals surface area contributed by atoms with Crippen LogP contribution in [0.2, 0.25) is 0 Å². The highest BCUT2D eigenvalue weighted by molar-refractivity contribution is 5.68. The van der Waals surface area contributed by atoms with Crippen molar-refractivity contribution in [2.45, 2.75) is 52.4 Å². The standard InChI is InChI=1S/C33H38N2/c1-24-9-6-7-10-29(24)30-11-8-12-31(35(30)5)32-23-28(19-22-34(32)4)26-15-13-25(14-16-26)27-17-20-33(2,3)21-18-27/h6-16,19,22-23,27H,17-18,20-21H2,1-5H3/q+2. The van der Waals surface area contributed by atoms with Crippen molar-refractivity contribution >= 4 is 0 Å². The molecule has 1 saturated carbocycles. The molecule has 0 radical (unpaired) electrons. The molecular weight excluding hydrogens is 424 g/mol. The summed E-state index contributed by atoms with van der Waals surface area (Å²) in [4.78, 5) is 0. The lowest BCUT2D eigenvalue weighted by atomic mass is 9.71. The van der Waals surface area contributed by atoms with E-state index in [1.165, 1.54) is 70.6 Å². The van der Waals surface area contributed by atoms with Crippen molar-refractivity contribution in [3.8, 4) is 33.8 Å². The van der Waals surface area contributed by atoms with Crippen LogP contribution in [0, 0.1) is 12.3 Å². The number of pyridine rings is 2. The highest BCUT2D eigenvalue weighted by atomic mass is 15.0. The van der Waals surface area contributed by atoms with Crippen LogP contribution in [0.25, 0.3) is 33.8 Å². The zero-order chi connectivity index (χ0) is 24.6. The van der Waals surface area contributed by atoms with E-state index in [1.807, 2.05) is 0 Å². The lowest BCUT2D eigenvalue weighted by Gasteiger charge is -2.34. The van der Waals surface area contributed by atoms with Crippen molar-refractivity contribution in [1.82, 2.24) is 0 Å². The first-order chi connectivity index (χ1) is 16.8. The van der Waals surface area contributed by atoms with Crippen LogP contribution in [0.3, 0.4) is 0 Å². The van der Waals surface area contributed by atoms with Crippen molar-refractivity contribution in [2.24, 2.45) is 19.5 Å². The Morgan fingerprint density at radius 2 is 1.40 bits per heavy atom. The molecule has 2 aromatic heterocycles. The van der Waals surface area contributed by atoms with Crippen LogP contribution >= 0.6 is 0 Å². The maximum atomic E-state index is 2.41. The molecule has 2 heterocycles. The van der Waals surface area contributed by atoms with Gasteiger partial charge in [0.2, 0.25) is 5.69 Å². The summed E-state index contributed by atoms with van der Waals surface area (Å²) < 4.78 is 4.54. The van der Waals surface area contributed by atoms with Crippen molar-refractivity contribution in [2.75, 3.05) is 0 Å². The van der Waals surface area contributed by atoms with Gasteiger partial charge in [0.15, 0.2) is 6.20 Å². The minimum atomic E-state index is 0.513. The van der Waals surface area contributed by atoms with Gasteiger partial charge in [-0.15, -0.1) is 0 Å². The summed E-state index contributed by atoms with van der Waals surface area (Å²) in [5, 5.41) is 0. The average molecular weight is 463 g/mol. The molecule has 2 nitrogen and oxygen atoms in total.